The van der Waals surface area contributed by atoms with Gasteiger partial charge in [0.1, 0.15) is 5.78 Å². The zero-order valence-corrected chi connectivity index (χ0v) is 22.7. The molecule has 0 aliphatic rings. The second kappa shape index (κ2) is 11.1. The van der Waals surface area contributed by atoms with Gasteiger partial charge in [-0.25, -0.2) is 4.98 Å². The number of benzene rings is 3. The van der Waals surface area contributed by atoms with Crippen molar-refractivity contribution in [3.63, 3.8) is 0 Å². The average molecular weight is 532 g/mol. The summed E-state index contributed by atoms with van der Waals surface area (Å²) in [6.07, 6.45) is 0. The number of hydrogen-bond donors (Lipinski definition) is 1. The first kappa shape index (κ1) is 26.9. The largest absolute Gasteiger partial charge is 0.493 e. The molecule has 4 rings (SSSR count). The van der Waals surface area contributed by atoms with Crippen molar-refractivity contribution in [1.82, 2.24) is 9.55 Å². The molecule has 196 valence electrons. The fourth-order valence-electron chi connectivity index (χ4n) is 3.67. The van der Waals surface area contributed by atoms with Gasteiger partial charge in [-0.2, -0.15) is 0 Å². The molecule has 1 N–H and O–H groups in total. The normalized spacial score (nSPS) is 11.3. The summed E-state index contributed by atoms with van der Waals surface area (Å²) < 4.78 is 12.1. The van der Waals surface area contributed by atoms with Gasteiger partial charge in [0.25, 0.3) is 11.5 Å². The highest BCUT2D eigenvalue weighted by molar-refractivity contribution is 7.99. The average Bonchev–Trinajstić information content (AvgIpc) is 2.91. The molecular weight excluding hydrogens is 502 g/mol. The van der Waals surface area contributed by atoms with Gasteiger partial charge in [0.05, 0.1) is 36.6 Å². The third-order valence-electron chi connectivity index (χ3n) is 5.93. The Bertz CT molecular complexity index is 1560. The lowest BCUT2D eigenvalue weighted by atomic mass is 9.92. The molecule has 0 spiro atoms. The van der Waals surface area contributed by atoms with Crippen molar-refractivity contribution in [2.75, 3.05) is 25.3 Å². The number of aromatic nitrogens is 2. The minimum Gasteiger partial charge on any atom is -0.493 e. The van der Waals surface area contributed by atoms with Crippen molar-refractivity contribution in [2.45, 2.75) is 25.9 Å². The van der Waals surface area contributed by atoms with Crippen LogP contribution >= 0.6 is 11.8 Å². The van der Waals surface area contributed by atoms with Crippen LogP contribution in [-0.4, -0.2) is 41.2 Å². The van der Waals surface area contributed by atoms with E-state index in [4.69, 9.17) is 14.5 Å². The number of carbonyl (C=O) groups excluding carboxylic acids is 2. The standard InChI is InChI=1S/C29H29N3O5S/c1-29(2,3)25(33)17-38-28-31-22-15-18(26(34)30-19-12-14-23(36-4)24(16-19)37-5)11-13-21(22)27(35)32(28)20-9-7-6-8-10-20/h6-16H,17H2,1-5H3,(H,30,34). The summed E-state index contributed by atoms with van der Waals surface area (Å²) in [5, 5.41) is 3.58. The highest BCUT2D eigenvalue weighted by Gasteiger charge is 2.23. The van der Waals surface area contributed by atoms with Gasteiger partial charge in [0.2, 0.25) is 0 Å². The number of para-hydroxylation sites is 1. The number of methoxy groups -OCH3 is 2. The van der Waals surface area contributed by atoms with E-state index < -0.39 is 5.41 Å². The van der Waals surface area contributed by atoms with E-state index in [1.165, 1.54) is 30.5 Å². The molecule has 0 aliphatic heterocycles. The molecule has 1 aromatic heterocycles. The van der Waals surface area contributed by atoms with E-state index in [0.717, 1.165) is 0 Å². The smallest absolute Gasteiger partial charge is 0.266 e. The predicted molar refractivity (Wildman–Crippen MR) is 150 cm³/mol. The number of ether oxygens (including phenoxy) is 2. The maximum atomic E-state index is 13.6. The second-order valence-corrected chi connectivity index (χ2v) is 10.5. The van der Waals surface area contributed by atoms with E-state index in [1.807, 2.05) is 51.1 Å². The summed E-state index contributed by atoms with van der Waals surface area (Å²) in [4.78, 5) is 44.0. The van der Waals surface area contributed by atoms with Crippen LogP contribution in [0.1, 0.15) is 31.1 Å². The van der Waals surface area contributed by atoms with Crippen molar-refractivity contribution in [2.24, 2.45) is 5.41 Å². The van der Waals surface area contributed by atoms with Crippen molar-refractivity contribution in [3.05, 3.63) is 82.6 Å². The number of anilines is 1. The van der Waals surface area contributed by atoms with Gasteiger partial charge >= 0.3 is 0 Å². The molecule has 9 heteroatoms. The van der Waals surface area contributed by atoms with Crippen LogP contribution < -0.4 is 20.3 Å². The van der Waals surface area contributed by atoms with Gasteiger partial charge in [0.15, 0.2) is 16.7 Å². The molecule has 4 aromatic rings. The first-order chi connectivity index (χ1) is 18.1. The number of ketones is 1. The molecule has 8 nitrogen and oxygen atoms in total. The molecule has 0 bridgehead atoms. The number of nitrogens with zero attached hydrogens (tertiary/aromatic N) is 2. The number of Topliss-reactive ketones (excluding diaryl/α,β-unsaturated/α-hetero) is 1. The molecule has 0 atom stereocenters. The van der Waals surface area contributed by atoms with Gasteiger partial charge < -0.3 is 14.8 Å². The highest BCUT2D eigenvalue weighted by atomic mass is 32.2. The SMILES string of the molecule is COc1ccc(NC(=O)c2ccc3c(=O)n(-c4ccccc4)c(SCC(=O)C(C)(C)C)nc3c2)cc1OC. The lowest BCUT2D eigenvalue weighted by Gasteiger charge is -2.17. The molecule has 0 saturated heterocycles. The molecule has 0 saturated carbocycles. The summed E-state index contributed by atoms with van der Waals surface area (Å²) in [5.41, 5.74) is 1.08. The maximum Gasteiger partial charge on any atom is 0.266 e. The molecule has 0 unspecified atom stereocenters. The monoisotopic (exact) mass is 531 g/mol. The van der Waals surface area contributed by atoms with Crippen LogP contribution in [0, 0.1) is 5.41 Å². The number of hydrogen-bond acceptors (Lipinski definition) is 7. The Morgan fingerprint density at radius 2 is 1.66 bits per heavy atom. The van der Waals surface area contributed by atoms with Crippen LogP contribution in [0.3, 0.4) is 0 Å². The van der Waals surface area contributed by atoms with Gasteiger partial charge in [-0.15, -0.1) is 0 Å². The molecule has 0 radical (unpaired) electrons. The van der Waals surface area contributed by atoms with Crippen molar-refractivity contribution < 1.29 is 19.1 Å². The topological polar surface area (TPSA) is 99.5 Å². The van der Waals surface area contributed by atoms with Crippen LogP contribution in [-0.2, 0) is 4.79 Å². The Hall–Kier alpha value is -4.11. The van der Waals surface area contributed by atoms with Crippen LogP contribution in [0.15, 0.2) is 76.7 Å². The lowest BCUT2D eigenvalue weighted by Crippen LogP contribution is -2.25. The van der Waals surface area contributed by atoms with Crippen LogP contribution in [0.2, 0.25) is 0 Å². The third kappa shape index (κ3) is 5.73. The Balaban J connectivity index is 1.73. The van der Waals surface area contributed by atoms with E-state index in [2.05, 4.69) is 5.32 Å². The number of amides is 1. The Labute approximate surface area is 225 Å². The van der Waals surface area contributed by atoms with Crippen molar-refractivity contribution in [1.29, 1.82) is 0 Å². The molecule has 1 heterocycles. The Morgan fingerprint density at radius 1 is 0.947 bits per heavy atom. The quantitative estimate of drug-likeness (QED) is 0.241. The number of fused-ring (bicyclic) bond motifs is 1. The fraction of sp³-hybridized carbons (Fsp3) is 0.241. The summed E-state index contributed by atoms with van der Waals surface area (Å²) in [6, 6.07) is 19.0. The zero-order chi connectivity index (χ0) is 27.4. The van der Waals surface area contributed by atoms with Gasteiger partial charge in [0, 0.05) is 22.7 Å². The molecule has 38 heavy (non-hydrogen) atoms. The van der Waals surface area contributed by atoms with Gasteiger partial charge in [-0.1, -0.05) is 50.7 Å². The third-order valence-corrected chi connectivity index (χ3v) is 6.86. The van der Waals surface area contributed by atoms with E-state index >= 15 is 0 Å². The zero-order valence-electron chi connectivity index (χ0n) is 21.9. The Kier molecular flexibility index (Phi) is 7.87. The molecular formula is C29H29N3O5S. The first-order valence-electron chi connectivity index (χ1n) is 11.9. The van der Waals surface area contributed by atoms with Crippen molar-refractivity contribution >= 4 is 40.0 Å². The van der Waals surface area contributed by atoms with Gasteiger partial charge in [-0.05, 0) is 42.5 Å². The minimum atomic E-state index is -0.517. The number of nitrogens with one attached hydrogen (secondary N) is 1. The fourth-order valence-corrected chi connectivity index (χ4v) is 4.85. The van der Waals surface area contributed by atoms with Crippen LogP contribution in [0.25, 0.3) is 16.6 Å². The summed E-state index contributed by atoms with van der Waals surface area (Å²) >= 11 is 1.21. The second-order valence-electron chi connectivity index (χ2n) is 9.59. The highest BCUT2D eigenvalue weighted by Crippen LogP contribution is 2.30. The first-order valence-corrected chi connectivity index (χ1v) is 12.9. The minimum absolute atomic E-state index is 0.0412. The van der Waals surface area contributed by atoms with E-state index in [0.29, 0.717) is 44.5 Å². The lowest BCUT2D eigenvalue weighted by molar-refractivity contribution is -0.123. The van der Waals surface area contributed by atoms with Crippen LogP contribution in [0.4, 0.5) is 5.69 Å². The molecule has 1 amide bonds. The van der Waals surface area contributed by atoms with Crippen molar-refractivity contribution in [3.8, 4) is 17.2 Å². The van der Waals surface area contributed by atoms with E-state index in [-0.39, 0.29) is 23.0 Å². The number of thioether (sulfide) groups is 1. The summed E-state index contributed by atoms with van der Waals surface area (Å²) in [7, 11) is 3.06. The molecule has 0 fully saturated rings. The summed E-state index contributed by atoms with van der Waals surface area (Å²) in [6.45, 7) is 5.58. The Morgan fingerprint density at radius 3 is 2.32 bits per heavy atom. The van der Waals surface area contributed by atoms with E-state index in [9.17, 15) is 14.4 Å². The number of carbonyl (C=O) groups is 2. The molecule has 3 aromatic carbocycles. The predicted octanol–water partition coefficient (Wildman–Crippen LogP) is 5.36. The maximum absolute atomic E-state index is 13.6. The molecule has 0 aliphatic carbocycles. The van der Waals surface area contributed by atoms with E-state index in [1.54, 1.807) is 36.4 Å². The number of rotatable bonds is 8. The summed E-state index contributed by atoms with van der Waals surface area (Å²) in [5.74, 6) is 0.863. The van der Waals surface area contributed by atoms with Gasteiger partial charge in [-0.3, -0.25) is 19.0 Å². The van der Waals surface area contributed by atoms with Crippen LogP contribution in [0.5, 0.6) is 11.5 Å².